The minimum absolute atomic E-state index is 0.0758. The summed E-state index contributed by atoms with van der Waals surface area (Å²) in [5.41, 5.74) is 1.09. The van der Waals surface area contributed by atoms with Crippen LogP contribution in [-0.2, 0) is 0 Å². The van der Waals surface area contributed by atoms with E-state index in [9.17, 15) is 8.78 Å². The predicted molar refractivity (Wildman–Crippen MR) is 48.7 cm³/mol. The summed E-state index contributed by atoms with van der Waals surface area (Å²) in [5, 5.41) is 0. The second kappa shape index (κ2) is 3.99. The van der Waals surface area contributed by atoms with Gasteiger partial charge < -0.3 is 0 Å². The van der Waals surface area contributed by atoms with Gasteiger partial charge in [-0.3, -0.25) is 0 Å². The SMILES string of the molecule is CC(Br)c1ccc(C(F)F)cc1. The molecule has 0 bridgehead atoms. The molecule has 0 aromatic heterocycles. The van der Waals surface area contributed by atoms with Gasteiger partial charge in [-0.1, -0.05) is 40.2 Å². The third-order valence-electron chi connectivity index (χ3n) is 1.65. The minimum Gasteiger partial charge on any atom is -0.205 e. The average molecular weight is 235 g/mol. The first-order valence-corrected chi connectivity index (χ1v) is 4.55. The Bertz CT molecular complexity index is 214. The molecule has 0 aliphatic heterocycles. The molecule has 3 heteroatoms. The van der Waals surface area contributed by atoms with Crippen LogP contribution in [0.25, 0.3) is 0 Å². The molecule has 1 atom stereocenters. The molecule has 0 aliphatic rings. The first-order chi connectivity index (χ1) is 5.61. The van der Waals surface area contributed by atoms with E-state index in [1.54, 1.807) is 12.1 Å². The Balaban J connectivity index is 2.86. The lowest BCUT2D eigenvalue weighted by atomic mass is 10.1. The summed E-state index contributed by atoms with van der Waals surface area (Å²) in [7, 11) is 0. The molecule has 1 aromatic carbocycles. The molecule has 0 aliphatic carbocycles. The smallest absolute Gasteiger partial charge is 0.205 e. The van der Waals surface area contributed by atoms with Crippen LogP contribution in [0.3, 0.4) is 0 Å². The Morgan fingerprint density at radius 1 is 1.08 bits per heavy atom. The monoisotopic (exact) mass is 234 g/mol. The first kappa shape index (κ1) is 9.65. The Hall–Kier alpha value is -0.440. The molecular formula is C9H9BrF2. The molecule has 0 spiro atoms. The van der Waals surface area contributed by atoms with Crippen LogP contribution in [0, 0.1) is 0 Å². The zero-order valence-corrected chi connectivity index (χ0v) is 8.18. The van der Waals surface area contributed by atoms with Crippen molar-refractivity contribution >= 4 is 15.9 Å². The molecule has 0 N–H and O–H groups in total. The number of halogens is 3. The maximum absolute atomic E-state index is 12.1. The second-order valence-electron chi connectivity index (χ2n) is 2.58. The predicted octanol–water partition coefficient (Wildman–Crippen LogP) is 4.08. The molecule has 66 valence electrons. The maximum Gasteiger partial charge on any atom is 0.263 e. The van der Waals surface area contributed by atoms with E-state index in [1.165, 1.54) is 12.1 Å². The zero-order chi connectivity index (χ0) is 9.14. The summed E-state index contributed by atoms with van der Waals surface area (Å²) in [6.45, 7) is 1.96. The van der Waals surface area contributed by atoms with Gasteiger partial charge in [-0.05, 0) is 12.5 Å². The molecule has 1 aromatic rings. The van der Waals surface area contributed by atoms with Crippen LogP contribution >= 0.6 is 15.9 Å². The molecule has 0 heterocycles. The van der Waals surface area contributed by atoms with Gasteiger partial charge in [-0.2, -0.15) is 0 Å². The van der Waals surface area contributed by atoms with E-state index < -0.39 is 6.43 Å². The third kappa shape index (κ3) is 2.27. The molecule has 0 nitrogen and oxygen atoms in total. The second-order valence-corrected chi connectivity index (χ2v) is 3.96. The molecule has 1 unspecified atom stereocenters. The van der Waals surface area contributed by atoms with Crippen molar-refractivity contribution in [2.45, 2.75) is 18.2 Å². The van der Waals surface area contributed by atoms with Gasteiger partial charge in [0.2, 0.25) is 0 Å². The van der Waals surface area contributed by atoms with E-state index in [0.29, 0.717) is 0 Å². The van der Waals surface area contributed by atoms with Crippen molar-refractivity contribution in [1.82, 2.24) is 0 Å². The molecule has 0 radical (unpaired) electrons. The lowest BCUT2D eigenvalue weighted by Crippen LogP contribution is -1.86. The van der Waals surface area contributed by atoms with Crippen molar-refractivity contribution in [3.05, 3.63) is 35.4 Å². The van der Waals surface area contributed by atoms with Gasteiger partial charge in [-0.25, -0.2) is 8.78 Å². The molecule has 12 heavy (non-hydrogen) atoms. The van der Waals surface area contributed by atoms with Crippen molar-refractivity contribution < 1.29 is 8.78 Å². The van der Waals surface area contributed by atoms with E-state index >= 15 is 0 Å². The van der Waals surface area contributed by atoms with E-state index in [0.717, 1.165) is 5.56 Å². The quantitative estimate of drug-likeness (QED) is 0.677. The summed E-state index contributed by atoms with van der Waals surface area (Å²) in [5.74, 6) is 0. The fourth-order valence-electron chi connectivity index (χ4n) is 0.907. The van der Waals surface area contributed by atoms with Crippen LogP contribution in [0.4, 0.5) is 8.78 Å². The fourth-order valence-corrected chi connectivity index (χ4v) is 1.21. The number of hydrogen-bond acceptors (Lipinski definition) is 0. The lowest BCUT2D eigenvalue weighted by molar-refractivity contribution is 0.151. The molecule has 1 rings (SSSR count). The standard InChI is InChI=1S/C9H9BrF2/c1-6(10)7-2-4-8(5-3-7)9(11)12/h2-6,9H,1H3. The van der Waals surface area contributed by atoms with E-state index in [2.05, 4.69) is 15.9 Å². The van der Waals surface area contributed by atoms with Gasteiger partial charge in [0.05, 0.1) is 0 Å². The summed E-state index contributed by atoms with van der Waals surface area (Å²) < 4.78 is 24.2. The summed E-state index contributed by atoms with van der Waals surface area (Å²) in [6, 6.07) is 6.33. The maximum atomic E-state index is 12.1. The van der Waals surface area contributed by atoms with Gasteiger partial charge in [0.15, 0.2) is 0 Å². The van der Waals surface area contributed by atoms with Gasteiger partial charge in [0.1, 0.15) is 0 Å². The molecule has 0 amide bonds. The molecular weight excluding hydrogens is 226 g/mol. The van der Waals surface area contributed by atoms with Crippen LogP contribution in [-0.4, -0.2) is 0 Å². The highest BCUT2D eigenvalue weighted by Gasteiger charge is 2.06. The Morgan fingerprint density at radius 3 is 1.83 bits per heavy atom. The lowest BCUT2D eigenvalue weighted by Gasteiger charge is -2.04. The first-order valence-electron chi connectivity index (χ1n) is 3.63. The van der Waals surface area contributed by atoms with Crippen LogP contribution in [0.5, 0.6) is 0 Å². The van der Waals surface area contributed by atoms with Gasteiger partial charge >= 0.3 is 0 Å². The summed E-state index contributed by atoms with van der Waals surface area (Å²) in [6.07, 6.45) is -2.37. The highest BCUT2D eigenvalue weighted by molar-refractivity contribution is 9.09. The van der Waals surface area contributed by atoms with Gasteiger partial charge in [0.25, 0.3) is 6.43 Å². The Morgan fingerprint density at radius 2 is 1.50 bits per heavy atom. The number of hydrogen-bond donors (Lipinski definition) is 0. The van der Waals surface area contributed by atoms with Crippen LogP contribution in [0.15, 0.2) is 24.3 Å². The van der Waals surface area contributed by atoms with Crippen molar-refractivity contribution in [3.63, 3.8) is 0 Å². The van der Waals surface area contributed by atoms with E-state index in [4.69, 9.17) is 0 Å². The topological polar surface area (TPSA) is 0 Å². The molecule has 0 saturated heterocycles. The van der Waals surface area contributed by atoms with E-state index in [-0.39, 0.29) is 10.4 Å². The van der Waals surface area contributed by atoms with Crippen LogP contribution in [0.2, 0.25) is 0 Å². The Kier molecular flexibility index (Phi) is 3.20. The van der Waals surface area contributed by atoms with Crippen molar-refractivity contribution in [1.29, 1.82) is 0 Å². The number of benzene rings is 1. The van der Waals surface area contributed by atoms with Gasteiger partial charge in [-0.15, -0.1) is 0 Å². The van der Waals surface area contributed by atoms with Crippen molar-refractivity contribution in [2.24, 2.45) is 0 Å². The van der Waals surface area contributed by atoms with Crippen molar-refractivity contribution in [3.8, 4) is 0 Å². The molecule has 0 fully saturated rings. The summed E-state index contributed by atoms with van der Waals surface area (Å²) >= 11 is 3.36. The largest absolute Gasteiger partial charge is 0.263 e. The van der Waals surface area contributed by atoms with Crippen LogP contribution < -0.4 is 0 Å². The summed E-state index contributed by atoms with van der Waals surface area (Å²) in [4.78, 5) is 0.212. The number of alkyl halides is 3. The zero-order valence-electron chi connectivity index (χ0n) is 6.60. The van der Waals surface area contributed by atoms with E-state index in [1.807, 2.05) is 6.92 Å². The average Bonchev–Trinajstić information content (AvgIpc) is 2.04. The van der Waals surface area contributed by atoms with Crippen LogP contribution in [0.1, 0.15) is 29.3 Å². The highest BCUT2D eigenvalue weighted by atomic mass is 79.9. The normalized spacial score (nSPS) is 13.4. The number of rotatable bonds is 2. The van der Waals surface area contributed by atoms with Gasteiger partial charge in [0, 0.05) is 10.4 Å². The van der Waals surface area contributed by atoms with Crippen molar-refractivity contribution in [2.75, 3.05) is 0 Å². The minimum atomic E-state index is -2.37. The fraction of sp³-hybridized carbons (Fsp3) is 0.333. The highest BCUT2D eigenvalue weighted by Crippen LogP contribution is 2.24. The Labute approximate surface area is 78.7 Å². The third-order valence-corrected chi connectivity index (χ3v) is 2.18. The molecule has 0 saturated carbocycles.